The van der Waals surface area contributed by atoms with Gasteiger partial charge in [0.05, 0.1) is 5.60 Å². The summed E-state index contributed by atoms with van der Waals surface area (Å²) in [5.41, 5.74) is 10.6. The summed E-state index contributed by atoms with van der Waals surface area (Å²) in [6.07, 6.45) is 3.40. The van der Waals surface area contributed by atoms with Gasteiger partial charge in [0.25, 0.3) is 0 Å². The van der Waals surface area contributed by atoms with Gasteiger partial charge in [-0.15, -0.1) is 0 Å². The molecule has 2 heterocycles. The summed E-state index contributed by atoms with van der Waals surface area (Å²) in [6, 6.07) is 4.61. The highest BCUT2D eigenvalue weighted by Crippen LogP contribution is 2.43. The molecule has 116 valence electrons. The Hall–Kier alpha value is -0.0300. The largest absolute Gasteiger partial charge is 0.374 e. The third kappa shape index (κ3) is 3.19. The lowest BCUT2D eigenvalue weighted by Gasteiger charge is -2.40. The predicted octanol–water partition coefficient (Wildman–Crippen LogP) is 4.37. The van der Waals surface area contributed by atoms with Crippen molar-refractivity contribution >= 4 is 27.7 Å². The highest BCUT2D eigenvalue weighted by Gasteiger charge is 2.42. The van der Waals surface area contributed by atoms with Gasteiger partial charge in [0, 0.05) is 22.9 Å². The van der Waals surface area contributed by atoms with Crippen LogP contribution >= 0.6 is 27.7 Å². The van der Waals surface area contributed by atoms with Crippen LogP contribution < -0.4 is 5.73 Å². The number of hydrogen-bond acceptors (Lipinski definition) is 3. The van der Waals surface area contributed by atoms with Crippen LogP contribution in [-0.2, 0) is 4.74 Å². The normalized spacial score (nSPS) is 30.8. The summed E-state index contributed by atoms with van der Waals surface area (Å²) < 4.78 is 7.33. The molecule has 1 aromatic carbocycles. The Labute approximate surface area is 140 Å². The third-order valence-electron chi connectivity index (χ3n) is 4.95. The maximum atomic E-state index is 6.63. The van der Waals surface area contributed by atoms with Gasteiger partial charge in [-0.2, -0.15) is 11.8 Å². The van der Waals surface area contributed by atoms with Crippen LogP contribution in [0.25, 0.3) is 0 Å². The quantitative estimate of drug-likeness (QED) is 0.840. The van der Waals surface area contributed by atoms with E-state index >= 15 is 0 Å². The summed E-state index contributed by atoms with van der Waals surface area (Å²) in [5, 5.41) is 0. The number of halogens is 1. The number of aryl methyl sites for hydroxylation is 2. The van der Waals surface area contributed by atoms with Crippen LogP contribution in [0.1, 0.15) is 42.0 Å². The fraction of sp³-hybridized carbons (Fsp3) is 0.647. The van der Waals surface area contributed by atoms with E-state index in [0.29, 0.717) is 5.92 Å². The Bertz CT molecular complexity index is 505. The molecule has 1 aromatic rings. The van der Waals surface area contributed by atoms with Crippen molar-refractivity contribution < 1.29 is 4.74 Å². The molecular formula is C17H24BrNOS. The van der Waals surface area contributed by atoms with Crippen LogP contribution in [-0.4, -0.2) is 23.7 Å². The Kier molecular flexibility index (Phi) is 4.70. The maximum absolute atomic E-state index is 6.63. The average Bonchev–Trinajstić information content (AvgIpc) is 2.91. The Morgan fingerprint density at radius 3 is 2.71 bits per heavy atom. The molecule has 21 heavy (non-hydrogen) atoms. The molecule has 2 N–H and O–H groups in total. The van der Waals surface area contributed by atoms with Gasteiger partial charge >= 0.3 is 0 Å². The summed E-state index contributed by atoms with van der Waals surface area (Å²) in [6.45, 7) is 5.16. The molecule has 2 saturated heterocycles. The van der Waals surface area contributed by atoms with Crippen LogP contribution in [0.2, 0.25) is 0 Å². The number of nitrogens with two attached hydrogens (primary N) is 1. The molecular weight excluding hydrogens is 346 g/mol. The minimum absolute atomic E-state index is 0.116. The van der Waals surface area contributed by atoms with Crippen molar-refractivity contribution in [1.82, 2.24) is 0 Å². The van der Waals surface area contributed by atoms with Gasteiger partial charge in [0.15, 0.2) is 0 Å². The second kappa shape index (κ2) is 6.23. The van der Waals surface area contributed by atoms with E-state index in [9.17, 15) is 0 Å². The van der Waals surface area contributed by atoms with Crippen LogP contribution in [0.3, 0.4) is 0 Å². The standard InChI is InChI=1S/C17H24BrNOS/c1-11-7-14(8-12(2)15(11)18)16(19)13-3-5-20-17(9-13)4-6-21-10-17/h7-8,13,16H,3-6,9-10,19H2,1-2H3. The van der Waals surface area contributed by atoms with E-state index in [1.165, 1.54) is 33.3 Å². The summed E-state index contributed by atoms with van der Waals surface area (Å²) in [7, 11) is 0. The monoisotopic (exact) mass is 369 g/mol. The minimum atomic E-state index is 0.116. The molecule has 0 radical (unpaired) electrons. The van der Waals surface area contributed by atoms with Crippen LogP contribution in [0.15, 0.2) is 16.6 Å². The zero-order chi connectivity index (χ0) is 15.0. The van der Waals surface area contributed by atoms with E-state index in [1.807, 2.05) is 11.8 Å². The van der Waals surface area contributed by atoms with Gasteiger partial charge in [-0.05, 0) is 61.5 Å². The van der Waals surface area contributed by atoms with Crippen LogP contribution in [0.4, 0.5) is 0 Å². The molecule has 2 aliphatic heterocycles. The fourth-order valence-electron chi connectivity index (χ4n) is 3.68. The number of rotatable bonds is 2. The van der Waals surface area contributed by atoms with Crippen molar-refractivity contribution in [3.63, 3.8) is 0 Å². The van der Waals surface area contributed by atoms with Crippen molar-refractivity contribution in [2.45, 2.75) is 44.8 Å². The van der Waals surface area contributed by atoms with Gasteiger partial charge in [0.2, 0.25) is 0 Å². The highest BCUT2D eigenvalue weighted by atomic mass is 79.9. The smallest absolute Gasteiger partial charge is 0.0783 e. The highest BCUT2D eigenvalue weighted by molar-refractivity contribution is 9.10. The van der Waals surface area contributed by atoms with Crippen molar-refractivity contribution in [3.8, 4) is 0 Å². The van der Waals surface area contributed by atoms with Gasteiger partial charge in [-0.25, -0.2) is 0 Å². The molecule has 0 amide bonds. The lowest BCUT2D eigenvalue weighted by atomic mass is 9.79. The predicted molar refractivity (Wildman–Crippen MR) is 93.9 cm³/mol. The Morgan fingerprint density at radius 2 is 2.10 bits per heavy atom. The molecule has 4 heteroatoms. The minimum Gasteiger partial charge on any atom is -0.374 e. The van der Waals surface area contributed by atoms with Crippen molar-refractivity contribution in [1.29, 1.82) is 0 Å². The summed E-state index contributed by atoms with van der Waals surface area (Å²) in [5.74, 6) is 2.92. The first-order chi connectivity index (χ1) is 10.0. The molecule has 2 aliphatic rings. The number of hydrogen-bond donors (Lipinski definition) is 1. The van der Waals surface area contributed by atoms with E-state index in [2.05, 4.69) is 41.9 Å². The molecule has 1 spiro atoms. The molecule has 3 atom stereocenters. The lowest BCUT2D eigenvalue weighted by Crippen LogP contribution is -2.42. The fourth-order valence-corrected chi connectivity index (χ4v) is 5.29. The SMILES string of the molecule is Cc1cc(C(N)C2CCOC3(CCSC3)C2)cc(C)c1Br. The summed E-state index contributed by atoms with van der Waals surface area (Å²) in [4.78, 5) is 0. The molecule has 0 aromatic heterocycles. The molecule has 2 fully saturated rings. The molecule has 3 rings (SSSR count). The van der Waals surface area contributed by atoms with Crippen LogP contribution in [0, 0.1) is 19.8 Å². The molecule has 0 aliphatic carbocycles. The van der Waals surface area contributed by atoms with Gasteiger partial charge in [0.1, 0.15) is 0 Å². The first kappa shape index (κ1) is 15.9. The zero-order valence-corrected chi connectivity index (χ0v) is 15.2. The molecule has 2 nitrogen and oxygen atoms in total. The molecule has 3 unspecified atom stereocenters. The average molecular weight is 370 g/mol. The Morgan fingerprint density at radius 1 is 1.38 bits per heavy atom. The lowest BCUT2D eigenvalue weighted by molar-refractivity contribution is -0.0834. The van der Waals surface area contributed by atoms with E-state index in [0.717, 1.165) is 25.2 Å². The molecule has 0 bridgehead atoms. The van der Waals surface area contributed by atoms with E-state index in [4.69, 9.17) is 10.5 Å². The van der Waals surface area contributed by atoms with Crippen molar-refractivity contribution in [2.75, 3.05) is 18.1 Å². The van der Waals surface area contributed by atoms with Gasteiger partial charge in [-0.1, -0.05) is 28.1 Å². The topological polar surface area (TPSA) is 35.2 Å². The van der Waals surface area contributed by atoms with E-state index in [1.54, 1.807) is 0 Å². The number of thioether (sulfide) groups is 1. The van der Waals surface area contributed by atoms with Crippen LogP contribution in [0.5, 0.6) is 0 Å². The van der Waals surface area contributed by atoms with Gasteiger partial charge < -0.3 is 10.5 Å². The zero-order valence-electron chi connectivity index (χ0n) is 12.8. The van der Waals surface area contributed by atoms with E-state index < -0.39 is 0 Å². The molecule has 0 saturated carbocycles. The van der Waals surface area contributed by atoms with Gasteiger partial charge in [-0.3, -0.25) is 0 Å². The van der Waals surface area contributed by atoms with E-state index in [-0.39, 0.29) is 11.6 Å². The maximum Gasteiger partial charge on any atom is 0.0783 e. The summed E-state index contributed by atoms with van der Waals surface area (Å²) >= 11 is 5.67. The van der Waals surface area contributed by atoms with Crippen molar-refractivity contribution in [2.24, 2.45) is 11.7 Å². The number of ether oxygens (including phenoxy) is 1. The van der Waals surface area contributed by atoms with Crippen molar-refractivity contribution in [3.05, 3.63) is 33.3 Å². The second-order valence-electron chi connectivity index (χ2n) is 6.58. The Balaban J connectivity index is 1.79. The first-order valence-corrected chi connectivity index (χ1v) is 9.69. The first-order valence-electron chi connectivity index (χ1n) is 7.75. The number of benzene rings is 1. The third-order valence-corrected chi connectivity index (χ3v) is 7.42. The second-order valence-corrected chi connectivity index (χ2v) is 8.48.